The summed E-state index contributed by atoms with van der Waals surface area (Å²) >= 11 is 0. The Hall–Kier alpha value is -1.38. The zero-order valence-corrected chi connectivity index (χ0v) is 18.9. The summed E-state index contributed by atoms with van der Waals surface area (Å²) in [6, 6.07) is 0. The Morgan fingerprint density at radius 2 is 2.07 bits per heavy atom. The van der Waals surface area contributed by atoms with Gasteiger partial charge in [-0.1, -0.05) is 67.5 Å². The van der Waals surface area contributed by atoms with Gasteiger partial charge in [-0.15, -0.1) is 0 Å². The van der Waals surface area contributed by atoms with Crippen molar-refractivity contribution in [2.75, 3.05) is 0 Å². The first-order chi connectivity index (χ1) is 13.6. The monoisotopic (exact) mass is 396 g/mol. The van der Waals surface area contributed by atoms with Crippen LogP contribution < -0.4 is 0 Å². The van der Waals surface area contributed by atoms with Gasteiger partial charge in [0.15, 0.2) is 0 Å². The van der Waals surface area contributed by atoms with Crippen LogP contribution in [0, 0.1) is 17.3 Å². The van der Waals surface area contributed by atoms with Gasteiger partial charge in [-0.2, -0.15) is 0 Å². The molecule has 0 amide bonds. The number of aliphatic hydroxyl groups excluding tert-OH is 1. The van der Waals surface area contributed by atoms with Gasteiger partial charge < -0.3 is 10.2 Å². The van der Waals surface area contributed by atoms with Crippen molar-refractivity contribution >= 4 is 0 Å². The maximum absolute atomic E-state index is 10.0. The van der Waals surface area contributed by atoms with Gasteiger partial charge in [-0.3, -0.25) is 0 Å². The molecule has 160 valence electrons. The van der Waals surface area contributed by atoms with Crippen LogP contribution >= 0.6 is 0 Å². The molecule has 3 aliphatic carbocycles. The quantitative estimate of drug-likeness (QED) is 0.526. The molecule has 2 N–H and O–H groups in total. The van der Waals surface area contributed by atoms with Crippen LogP contribution in [0.1, 0.15) is 79.1 Å². The molecule has 3 aliphatic rings. The fourth-order valence-electron chi connectivity index (χ4n) is 5.70. The van der Waals surface area contributed by atoms with Gasteiger partial charge in [0.2, 0.25) is 0 Å². The van der Waals surface area contributed by atoms with Crippen molar-refractivity contribution in [1.82, 2.24) is 0 Å². The van der Waals surface area contributed by atoms with Crippen LogP contribution in [0.15, 0.2) is 59.3 Å². The molecule has 2 heteroatoms. The van der Waals surface area contributed by atoms with E-state index in [1.54, 1.807) is 11.1 Å². The minimum atomic E-state index is -0.735. The van der Waals surface area contributed by atoms with Gasteiger partial charge in [0.1, 0.15) is 0 Å². The summed E-state index contributed by atoms with van der Waals surface area (Å²) in [4.78, 5) is 0. The molecule has 0 radical (unpaired) electrons. The summed E-state index contributed by atoms with van der Waals surface area (Å²) in [5.74, 6) is 1.11. The smallest absolute Gasteiger partial charge is 0.0771 e. The SMILES string of the molecule is C=C1CCC(O)CC1=CC=C1CCCC2(C)C(C(C)CC=CC(C)(C)O)=CCC12. The van der Waals surface area contributed by atoms with Crippen molar-refractivity contribution < 1.29 is 10.2 Å². The summed E-state index contributed by atoms with van der Waals surface area (Å²) in [5, 5.41) is 19.9. The van der Waals surface area contributed by atoms with E-state index in [0.29, 0.717) is 11.8 Å². The normalized spacial score (nSPS) is 34.7. The van der Waals surface area contributed by atoms with Crippen molar-refractivity contribution in [3.05, 3.63) is 59.3 Å². The number of aliphatic hydroxyl groups is 2. The second kappa shape index (κ2) is 8.78. The highest BCUT2D eigenvalue weighted by atomic mass is 16.3. The van der Waals surface area contributed by atoms with Gasteiger partial charge in [0, 0.05) is 0 Å². The summed E-state index contributed by atoms with van der Waals surface area (Å²) < 4.78 is 0. The molecule has 0 aliphatic heterocycles. The van der Waals surface area contributed by atoms with E-state index in [4.69, 9.17) is 0 Å². The van der Waals surface area contributed by atoms with E-state index in [0.717, 1.165) is 32.1 Å². The zero-order chi connectivity index (χ0) is 21.2. The van der Waals surface area contributed by atoms with Crippen LogP contribution in [-0.2, 0) is 0 Å². The van der Waals surface area contributed by atoms with Crippen LogP contribution in [0.3, 0.4) is 0 Å². The van der Waals surface area contributed by atoms with E-state index in [-0.39, 0.29) is 11.5 Å². The minimum Gasteiger partial charge on any atom is -0.393 e. The lowest BCUT2D eigenvalue weighted by Crippen LogP contribution is -2.32. The number of hydrogen-bond acceptors (Lipinski definition) is 2. The molecule has 2 nitrogen and oxygen atoms in total. The predicted molar refractivity (Wildman–Crippen MR) is 123 cm³/mol. The van der Waals surface area contributed by atoms with E-state index in [9.17, 15) is 10.2 Å². The van der Waals surface area contributed by atoms with Gasteiger partial charge in [-0.25, -0.2) is 0 Å². The molecule has 0 aromatic carbocycles. The molecule has 2 fully saturated rings. The lowest BCUT2D eigenvalue weighted by Gasteiger charge is -2.42. The highest BCUT2D eigenvalue weighted by Gasteiger charge is 2.45. The standard InChI is InChI=1S/C27H40O2/c1-19-10-13-23(28)18-22(19)12-11-21-9-7-17-27(5)24(14-15-25(21)27)20(2)8-6-16-26(3,4)29/h6,11-12,14,16,20,23,25,28-29H,1,7-10,13,15,17-18H2,2-5H3. The number of allylic oxidation sites excluding steroid dienone is 7. The Balaban J connectivity index is 1.73. The third kappa shape index (κ3) is 5.22. The van der Waals surface area contributed by atoms with Crippen LogP contribution in [0.2, 0.25) is 0 Å². The Kier molecular flexibility index (Phi) is 6.75. The molecule has 0 heterocycles. The summed E-state index contributed by atoms with van der Waals surface area (Å²) in [6.07, 6.45) is 19.3. The maximum atomic E-state index is 10.0. The van der Waals surface area contributed by atoms with Gasteiger partial charge in [0.25, 0.3) is 0 Å². The largest absolute Gasteiger partial charge is 0.393 e. The molecule has 4 unspecified atom stereocenters. The topological polar surface area (TPSA) is 40.5 Å². The zero-order valence-electron chi connectivity index (χ0n) is 18.9. The van der Waals surface area contributed by atoms with Crippen LogP contribution in [0.5, 0.6) is 0 Å². The molecule has 0 bridgehead atoms. The third-order valence-electron chi connectivity index (χ3n) is 7.35. The highest BCUT2D eigenvalue weighted by Crippen LogP contribution is 2.56. The van der Waals surface area contributed by atoms with Gasteiger partial charge in [-0.05, 0) is 88.0 Å². The van der Waals surface area contributed by atoms with Crippen molar-refractivity contribution in [3.8, 4) is 0 Å². The average molecular weight is 397 g/mol. The van der Waals surface area contributed by atoms with Crippen LogP contribution in [0.4, 0.5) is 0 Å². The third-order valence-corrected chi connectivity index (χ3v) is 7.35. The van der Waals surface area contributed by atoms with Crippen LogP contribution in [-0.4, -0.2) is 21.9 Å². The Labute approximate surface area is 177 Å². The molecular formula is C27H40O2. The lowest BCUT2D eigenvalue weighted by atomic mass is 9.62. The van der Waals surface area contributed by atoms with E-state index >= 15 is 0 Å². The molecule has 0 aromatic heterocycles. The lowest BCUT2D eigenvalue weighted by molar-refractivity contribution is 0.132. The Bertz CT molecular complexity index is 743. The fraction of sp³-hybridized carbons (Fsp3) is 0.630. The molecule has 3 rings (SSSR count). The molecule has 0 saturated heterocycles. The number of fused-ring (bicyclic) bond motifs is 1. The molecular weight excluding hydrogens is 356 g/mol. The number of rotatable bonds is 5. The predicted octanol–water partition coefficient (Wildman–Crippen LogP) is 6.43. The summed E-state index contributed by atoms with van der Waals surface area (Å²) in [7, 11) is 0. The molecule has 0 aromatic rings. The summed E-state index contributed by atoms with van der Waals surface area (Å²) in [6.45, 7) is 12.7. The first-order valence-corrected chi connectivity index (χ1v) is 11.5. The fourth-order valence-corrected chi connectivity index (χ4v) is 5.70. The van der Waals surface area contributed by atoms with E-state index < -0.39 is 5.60 Å². The second-order valence-corrected chi connectivity index (χ2v) is 10.3. The van der Waals surface area contributed by atoms with Crippen LogP contribution in [0.25, 0.3) is 0 Å². The maximum Gasteiger partial charge on any atom is 0.0771 e. The van der Waals surface area contributed by atoms with E-state index in [1.165, 1.54) is 30.4 Å². The second-order valence-electron chi connectivity index (χ2n) is 10.3. The van der Waals surface area contributed by atoms with Gasteiger partial charge >= 0.3 is 0 Å². The van der Waals surface area contributed by atoms with Gasteiger partial charge in [0.05, 0.1) is 11.7 Å². The van der Waals surface area contributed by atoms with E-state index in [1.807, 2.05) is 19.9 Å². The first-order valence-electron chi connectivity index (χ1n) is 11.5. The highest BCUT2D eigenvalue weighted by molar-refractivity contribution is 5.38. The van der Waals surface area contributed by atoms with E-state index in [2.05, 4.69) is 44.7 Å². The minimum absolute atomic E-state index is 0.209. The molecule has 4 atom stereocenters. The van der Waals surface area contributed by atoms with Crippen molar-refractivity contribution in [3.63, 3.8) is 0 Å². The summed E-state index contributed by atoms with van der Waals surface area (Å²) in [5.41, 5.74) is 5.14. The molecule has 2 saturated carbocycles. The molecule has 0 spiro atoms. The average Bonchev–Trinajstić information content (AvgIpc) is 2.99. The Morgan fingerprint density at radius 3 is 2.79 bits per heavy atom. The van der Waals surface area contributed by atoms with Crippen molar-refractivity contribution in [1.29, 1.82) is 0 Å². The Morgan fingerprint density at radius 1 is 1.31 bits per heavy atom. The first kappa shape index (κ1) is 22.3. The van der Waals surface area contributed by atoms with Crippen molar-refractivity contribution in [2.24, 2.45) is 17.3 Å². The molecule has 29 heavy (non-hydrogen) atoms. The van der Waals surface area contributed by atoms with Crippen molar-refractivity contribution in [2.45, 2.75) is 90.8 Å². The number of hydrogen-bond donors (Lipinski definition) is 2.